The van der Waals surface area contributed by atoms with Crippen molar-refractivity contribution in [2.45, 2.75) is 18.9 Å². The monoisotopic (exact) mass is 387 g/mol. The molecule has 0 amide bonds. The van der Waals surface area contributed by atoms with Gasteiger partial charge in [-0.1, -0.05) is 0 Å². The molecule has 1 atom stereocenters. The lowest BCUT2D eigenvalue weighted by Crippen LogP contribution is -2.33. The van der Waals surface area contributed by atoms with Crippen molar-refractivity contribution in [1.82, 2.24) is 4.90 Å². The number of hydrogen-bond donors (Lipinski definition) is 0. The van der Waals surface area contributed by atoms with Crippen LogP contribution in [0.5, 0.6) is 28.7 Å². The van der Waals surface area contributed by atoms with Crippen LogP contribution >= 0.6 is 0 Å². The van der Waals surface area contributed by atoms with Crippen LogP contribution in [0, 0.1) is 0 Å². The van der Waals surface area contributed by atoms with Crippen molar-refractivity contribution >= 4 is 0 Å². The summed E-state index contributed by atoms with van der Waals surface area (Å²) < 4.78 is 27.5. The van der Waals surface area contributed by atoms with Crippen molar-refractivity contribution in [1.29, 1.82) is 0 Å². The van der Waals surface area contributed by atoms with Gasteiger partial charge in [0.1, 0.15) is 0 Å². The molecule has 6 heteroatoms. The van der Waals surface area contributed by atoms with Gasteiger partial charge < -0.3 is 23.7 Å². The molecule has 0 aliphatic carbocycles. The number of nitrogens with zero attached hydrogens (tertiary/aromatic N) is 1. The van der Waals surface area contributed by atoms with E-state index >= 15 is 0 Å². The number of ether oxygens (including phenoxy) is 5. The number of hydrogen-bond acceptors (Lipinski definition) is 6. The van der Waals surface area contributed by atoms with Crippen LogP contribution in [-0.4, -0.2) is 54.0 Å². The third-order valence-electron chi connectivity index (χ3n) is 5.42. The summed E-state index contributed by atoms with van der Waals surface area (Å²) in [6.07, 6.45) is 1.80. The van der Waals surface area contributed by atoms with Crippen molar-refractivity contribution in [2.75, 3.05) is 49.1 Å². The maximum atomic E-state index is 5.54. The van der Waals surface area contributed by atoms with E-state index in [4.69, 9.17) is 23.7 Å². The van der Waals surface area contributed by atoms with Gasteiger partial charge in [-0.3, -0.25) is 4.90 Å². The molecule has 28 heavy (non-hydrogen) atoms. The smallest absolute Gasteiger partial charge is 0.203 e. The molecule has 1 unspecified atom stereocenters. The highest BCUT2D eigenvalue weighted by Crippen LogP contribution is 2.42. The van der Waals surface area contributed by atoms with Crippen molar-refractivity contribution in [3.63, 3.8) is 0 Å². The zero-order valence-corrected chi connectivity index (χ0v) is 17.5. The van der Waals surface area contributed by atoms with E-state index in [1.807, 2.05) is 12.1 Å². The second kappa shape index (κ2) is 8.61. The van der Waals surface area contributed by atoms with E-state index < -0.39 is 0 Å². The first-order valence-corrected chi connectivity index (χ1v) is 9.30. The number of rotatable bonds is 7. The molecule has 0 saturated heterocycles. The lowest BCUT2D eigenvalue weighted by Gasteiger charge is -2.35. The topological polar surface area (TPSA) is 49.4 Å². The van der Waals surface area contributed by atoms with Crippen molar-refractivity contribution in [3.05, 3.63) is 41.0 Å². The lowest BCUT2D eigenvalue weighted by molar-refractivity contribution is 0.227. The Morgan fingerprint density at radius 2 is 1.36 bits per heavy atom. The van der Waals surface area contributed by atoms with Gasteiger partial charge in [0.25, 0.3) is 0 Å². The Morgan fingerprint density at radius 1 is 0.786 bits per heavy atom. The molecular weight excluding hydrogens is 358 g/mol. The summed E-state index contributed by atoms with van der Waals surface area (Å²) in [4.78, 5) is 2.37. The summed E-state index contributed by atoms with van der Waals surface area (Å²) in [7, 11) is 10.4. The summed E-state index contributed by atoms with van der Waals surface area (Å²) in [6, 6.07) is 8.45. The molecule has 2 aromatic carbocycles. The maximum Gasteiger partial charge on any atom is 0.203 e. The molecule has 1 aliphatic rings. The Bertz CT molecular complexity index is 811. The number of fused-ring (bicyclic) bond motifs is 1. The van der Waals surface area contributed by atoms with Crippen LogP contribution in [0.2, 0.25) is 0 Å². The predicted octanol–water partition coefficient (Wildman–Crippen LogP) is 3.50. The first kappa shape index (κ1) is 20.1. The van der Waals surface area contributed by atoms with Gasteiger partial charge in [-0.05, 0) is 60.8 Å². The van der Waals surface area contributed by atoms with E-state index in [2.05, 4.69) is 24.1 Å². The molecule has 0 bridgehead atoms. The molecule has 0 N–H and O–H groups in total. The molecule has 0 aromatic heterocycles. The standard InChI is InChI=1S/C22H29NO5/c1-23-8-7-15-12-18(24-2)19(25-3)13-16(15)17(23)9-14-10-20(26-4)22(28-6)21(11-14)27-5/h10-13,17H,7-9H2,1-6H3. The Kier molecular flexibility index (Phi) is 6.19. The van der Waals surface area contributed by atoms with Crippen molar-refractivity contribution in [3.8, 4) is 28.7 Å². The van der Waals surface area contributed by atoms with E-state index in [1.165, 1.54) is 11.1 Å². The van der Waals surface area contributed by atoms with Crippen molar-refractivity contribution in [2.24, 2.45) is 0 Å². The Labute approximate surface area is 166 Å². The second-order valence-electron chi connectivity index (χ2n) is 6.89. The normalized spacial score (nSPS) is 16.3. The van der Waals surface area contributed by atoms with Gasteiger partial charge in [-0.2, -0.15) is 0 Å². The summed E-state index contributed by atoms with van der Waals surface area (Å²) in [6.45, 7) is 0.984. The number of methoxy groups -OCH3 is 5. The SMILES string of the molecule is COc1cc2c(cc1OC)C(Cc1cc(OC)c(OC)c(OC)c1)N(C)CC2. The fourth-order valence-corrected chi connectivity index (χ4v) is 3.90. The molecule has 3 rings (SSSR count). The van der Waals surface area contributed by atoms with Gasteiger partial charge in [0, 0.05) is 12.6 Å². The van der Waals surface area contributed by atoms with Gasteiger partial charge in [-0.25, -0.2) is 0 Å². The van der Waals surface area contributed by atoms with Crippen LogP contribution in [0.1, 0.15) is 22.7 Å². The molecule has 0 spiro atoms. The largest absolute Gasteiger partial charge is 0.493 e. The average Bonchev–Trinajstić information content (AvgIpc) is 2.73. The van der Waals surface area contributed by atoms with Crippen LogP contribution in [0.15, 0.2) is 24.3 Å². The first-order valence-electron chi connectivity index (χ1n) is 9.30. The third-order valence-corrected chi connectivity index (χ3v) is 5.42. The summed E-state index contributed by atoms with van der Waals surface area (Å²) in [5.74, 6) is 3.48. The van der Waals surface area contributed by atoms with E-state index in [9.17, 15) is 0 Å². The molecule has 0 radical (unpaired) electrons. The van der Waals surface area contributed by atoms with E-state index in [-0.39, 0.29) is 6.04 Å². The minimum atomic E-state index is 0.214. The maximum absolute atomic E-state index is 5.54. The molecule has 0 saturated carbocycles. The van der Waals surface area contributed by atoms with Crippen LogP contribution in [0.25, 0.3) is 0 Å². The minimum absolute atomic E-state index is 0.214. The molecule has 1 heterocycles. The number of benzene rings is 2. The molecule has 2 aromatic rings. The Hall–Kier alpha value is -2.60. The zero-order valence-electron chi connectivity index (χ0n) is 17.5. The average molecular weight is 387 g/mol. The van der Waals surface area contributed by atoms with Crippen LogP contribution < -0.4 is 23.7 Å². The van der Waals surface area contributed by atoms with Gasteiger partial charge in [0.15, 0.2) is 23.0 Å². The van der Waals surface area contributed by atoms with Crippen molar-refractivity contribution < 1.29 is 23.7 Å². The highest BCUT2D eigenvalue weighted by molar-refractivity contribution is 5.55. The van der Waals surface area contributed by atoms with Gasteiger partial charge in [0.05, 0.1) is 35.5 Å². The molecule has 152 valence electrons. The van der Waals surface area contributed by atoms with E-state index in [1.54, 1.807) is 35.5 Å². The number of likely N-dealkylation sites (N-methyl/N-ethyl adjacent to an activating group) is 1. The Balaban J connectivity index is 2.01. The van der Waals surface area contributed by atoms with Gasteiger partial charge in [-0.15, -0.1) is 0 Å². The fraction of sp³-hybridized carbons (Fsp3) is 0.455. The van der Waals surface area contributed by atoms with Crippen LogP contribution in [-0.2, 0) is 12.8 Å². The summed E-state index contributed by atoms with van der Waals surface area (Å²) in [5.41, 5.74) is 3.68. The molecule has 0 fully saturated rings. The minimum Gasteiger partial charge on any atom is -0.493 e. The molecular formula is C22H29NO5. The van der Waals surface area contributed by atoms with E-state index in [0.717, 1.165) is 36.4 Å². The summed E-state index contributed by atoms with van der Waals surface area (Å²) in [5, 5.41) is 0. The molecule has 1 aliphatic heterocycles. The highest BCUT2D eigenvalue weighted by atomic mass is 16.5. The third kappa shape index (κ3) is 3.69. The van der Waals surface area contributed by atoms with E-state index in [0.29, 0.717) is 17.2 Å². The first-order chi connectivity index (χ1) is 13.6. The Morgan fingerprint density at radius 3 is 1.89 bits per heavy atom. The molecule has 6 nitrogen and oxygen atoms in total. The summed E-state index contributed by atoms with van der Waals surface area (Å²) >= 11 is 0. The lowest BCUT2D eigenvalue weighted by atomic mass is 9.88. The van der Waals surface area contributed by atoms with Gasteiger partial charge >= 0.3 is 0 Å². The predicted molar refractivity (Wildman–Crippen MR) is 108 cm³/mol. The quantitative estimate of drug-likeness (QED) is 0.725. The fourth-order valence-electron chi connectivity index (χ4n) is 3.90. The second-order valence-corrected chi connectivity index (χ2v) is 6.89. The van der Waals surface area contributed by atoms with Gasteiger partial charge in [0.2, 0.25) is 5.75 Å². The van der Waals surface area contributed by atoms with Crippen LogP contribution in [0.3, 0.4) is 0 Å². The zero-order chi connectivity index (χ0) is 20.3. The van der Waals surface area contributed by atoms with Crippen LogP contribution in [0.4, 0.5) is 0 Å². The highest BCUT2D eigenvalue weighted by Gasteiger charge is 2.28.